The summed E-state index contributed by atoms with van der Waals surface area (Å²) in [7, 11) is 5.21. The summed E-state index contributed by atoms with van der Waals surface area (Å²) in [4.78, 5) is 166. The highest BCUT2D eigenvalue weighted by molar-refractivity contribution is 5.97. The van der Waals surface area contributed by atoms with Crippen molar-refractivity contribution in [1.82, 2.24) is 50.0 Å². The number of aromatic nitrogens is 4. The second-order valence-electron chi connectivity index (χ2n) is 22.3. The van der Waals surface area contributed by atoms with Crippen molar-refractivity contribution in [2.24, 2.45) is 0 Å². The molecule has 1 unspecified atom stereocenters. The van der Waals surface area contributed by atoms with Gasteiger partial charge >= 0.3 is 28.3 Å². The highest BCUT2D eigenvalue weighted by Crippen LogP contribution is 2.19. The van der Waals surface area contributed by atoms with Crippen molar-refractivity contribution in [3.63, 3.8) is 0 Å². The Bertz CT molecular complexity index is 3340. The summed E-state index contributed by atoms with van der Waals surface area (Å²) in [6.45, 7) is 12.5. The molecule has 522 valence electrons. The molecule has 94 heavy (non-hydrogen) atoms. The maximum Gasteiger partial charge on any atom is 0.407 e. The molecular formula is C64H96N10O20. The van der Waals surface area contributed by atoms with Gasteiger partial charge in [-0.15, -0.1) is 18.9 Å². The number of amides is 6. The van der Waals surface area contributed by atoms with E-state index in [1.54, 1.807) is 20.8 Å². The molecule has 0 aliphatic heterocycles. The maximum atomic E-state index is 15.4. The van der Waals surface area contributed by atoms with Crippen molar-refractivity contribution >= 4 is 35.6 Å². The van der Waals surface area contributed by atoms with Gasteiger partial charge in [0, 0.05) is 45.8 Å². The Labute approximate surface area is 547 Å². The average molecular weight is 1330 g/mol. The SMILES string of the molecule is CCCCOn1c(C(=O)NCCCN(CCCC(C(=O)NCCOCCNC(=O)OC(C)(C)C)N(CCCNC(=O)c2ccc(OC)c(=O)n2OCCCC)C(=O)c2ccc(OC)c(=O)n2OCCCC)C(=O)c2ccc(OC)c(=O)n2OCCCC)ccc(OC)c1=O. The van der Waals surface area contributed by atoms with Crippen LogP contribution < -0.4 is 81.8 Å². The molecule has 0 bridgehead atoms. The predicted octanol–water partition coefficient (Wildman–Crippen LogP) is 3.31. The van der Waals surface area contributed by atoms with Crippen LogP contribution in [0.4, 0.5) is 4.79 Å². The van der Waals surface area contributed by atoms with Crippen LogP contribution in [-0.2, 0) is 14.3 Å². The molecule has 4 N–H and O–H groups in total. The molecule has 0 aliphatic carbocycles. The van der Waals surface area contributed by atoms with E-state index in [9.17, 15) is 38.4 Å². The number of nitrogens with zero attached hydrogens (tertiary/aromatic N) is 6. The van der Waals surface area contributed by atoms with E-state index in [4.69, 9.17) is 47.8 Å². The first-order valence-electron chi connectivity index (χ1n) is 31.9. The molecule has 30 nitrogen and oxygen atoms in total. The van der Waals surface area contributed by atoms with E-state index in [2.05, 4.69) is 21.3 Å². The van der Waals surface area contributed by atoms with E-state index < -0.39 is 69.5 Å². The monoisotopic (exact) mass is 1320 g/mol. The van der Waals surface area contributed by atoms with Gasteiger partial charge in [0.2, 0.25) is 5.91 Å². The Morgan fingerprint density at radius 2 is 0.798 bits per heavy atom. The minimum Gasteiger partial charge on any atom is -0.491 e. The number of methoxy groups -OCH3 is 4. The lowest BCUT2D eigenvalue weighted by molar-refractivity contribution is -0.126. The molecule has 1 atom stereocenters. The number of hydrogen-bond donors (Lipinski definition) is 4. The van der Waals surface area contributed by atoms with Gasteiger partial charge in [-0.1, -0.05) is 53.4 Å². The predicted molar refractivity (Wildman–Crippen MR) is 346 cm³/mol. The first kappa shape index (κ1) is 77.2. The van der Waals surface area contributed by atoms with Crippen molar-refractivity contribution in [2.75, 3.05) is 114 Å². The van der Waals surface area contributed by atoms with Gasteiger partial charge in [-0.25, -0.2) is 4.79 Å². The fourth-order valence-corrected chi connectivity index (χ4v) is 9.04. The second-order valence-corrected chi connectivity index (χ2v) is 22.3. The normalized spacial score (nSPS) is 11.4. The van der Waals surface area contributed by atoms with Gasteiger partial charge in [-0.05, 0) is 121 Å². The van der Waals surface area contributed by atoms with Gasteiger partial charge < -0.3 is 78.8 Å². The summed E-state index contributed by atoms with van der Waals surface area (Å²) >= 11 is 0. The fourth-order valence-electron chi connectivity index (χ4n) is 9.04. The van der Waals surface area contributed by atoms with E-state index in [0.717, 1.165) is 31.8 Å². The van der Waals surface area contributed by atoms with Gasteiger partial charge in [-0.2, -0.15) is 0 Å². The highest BCUT2D eigenvalue weighted by atomic mass is 16.7. The first-order chi connectivity index (χ1) is 45.2. The summed E-state index contributed by atoms with van der Waals surface area (Å²) in [6.07, 6.45) is 4.29. The van der Waals surface area contributed by atoms with Crippen LogP contribution in [0.1, 0.15) is 167 Å². The summed E-state index contributed by atoms with van der Waals surface area (Å²) < 4.78 is 35.5. The lowest BCUT2D eigenvalue weighted by Gasteiger charge is -2.32. The van der Waals surface area contributed by atoms with Crippen LogP contribution in [0.25, 0.3) is 0 Å². The van der Waals surface area contributed by atoms with Gasteiger partial charge in [0.25, 0.3) is 23.6 Å². The molecule has 0 spiro atoms. The number of ether oxygens (including phenoxy) is 6. The number of rotatable bonds is 44. The van der Waals surface area contributed by atoms with Gasteiger partial charge in [0.1, 0.15) is 60.8 Å². The number of carbonyl (C=O) groups excluding carboxylic acids is 6. The van der Waals surface area contributed by atoms with Crippen molar-refractivity contribution in [3.8, 4) is 23.0 Å². The summed E-state index contributed by atoms with van der Waals surface area (Å²) in [6, 6.07) is 9.35. The molecule has 0 aromatic carbocycles. The first-order valence-corrected chi connectivity index (χ1v) is 31.9. The minimum atomic E-state index is -1.41. The third-order valence-corrected chi connectivity index (χ3v) is 14.0. The molecule has 0 aliphatic rings. The van der Waals surface area contributed by atoms with Crippen LogP contribution in [-0.4, -0.2) is 190 Å². The minimum absolute atomic E-state index is 0.0148. The molecule has 6 amide bonds. The molecule has 4 rings (SSSR count). The third-order valence-electron chi connectivity index (χ3n) is 14.0. The quantitative estimate of drug-likeness (QED) is 0.0462. The topological polar surface area (TPSA) is 337 Å². The van der Waals surface area contributed by atoms with E-state index in [0.29, 0.717) is 38.5 Å². The number of alkyl carbamates (subject to hydrolysis) is 1. The van der Waals surface area contributed by atoms with Crippen LogP contribution in [0.3, 0.4) is 0 Å². The van der Waals surface area contributed by atoms with E-state index in [1.165, 1.54) is 86.8 Å². The Balaban J connectivity index is 1.80. The average Bonchev–Trinajstić information content (AvgIpc) is 1.21. The second kappa shape index (κ2) is 40.7. The molecular weight excluding hydrogens is 1230 g/mol. The third kappa shape index (κ3) is 23.4. The number of pyridine rings is 4. The summed E-state index contributed by atoms with van der Waals surface area (Å²) in [5.41, 5.74) is -4.38. The molecule has 4 aromatic heterocycles. The van der Waals surface area contributed by atoms with Gasteiger partial charge in [-0.3, -0.25) is 43.2 Å². The van der Waals surface area contributed by atoms with Gasteiger partial charge in [0.05, 0.1) is 41.7 Å². The number of nitrogens with one attached hydrogen (secondary N) is 4. The van der Waals surface area contributed by atoms with E-state index in [1.807, 2.05) is 27.7 Å². The van der Waals surface area contributed by atoms with Crippen LogP contribution in [0.15, 0.2) is 67.7 Å². The Morgan fingerprint density at radius 1 is 0.436 bits per heavy atom. The molecule has 4 heterocycles. The molecule has 4 aromatic rings. The van der Waals surface area contributed by atoms with Crippen molar-refractivity contribution in [2.45, 2.75) is 137 Å². The van der Waals surface area contributed by atoms with Gasteiger partial charge in [0.15, 0.2) is 23.0 Å². The van der Waals surface area contributed by atoms with Crippen LogP contribution in [0, 0.1) is 0 Å². The Kier molecular flexibility index (Phi) is 33.4. The molecule has 0 saturated carbocycles. The number of unbranched alkanes of at least 4 members (excludes halogenated alkanes) is 4. The molecule has 0 saturated heterocycles. The Hall–Kier alpha value is -9.22. The zero-order valence-corrected chi connectivity index (χ0v) is 56.2. The number of hydrogen-bond acceptors (Lipinski definition) is 20. The smallest absolute Gasteiger partial charge is 0.407 e. The fraction of sp³-hybridized carbons (Fsp3) is 0.594. The van der Waals surface area contributed by atoms with Crippen LogP contribution in [0.2, 0.25) is 0 Å². The van der Waals surface area contributed by atoms with E-state index >= 15 is 9.59 Å². The van der Waals surface area contributed by atoms with E-state index in [-0.39, 0.29) is 157 Å². The van der Waals surface area contributed by atoms with Crippen molar-refractivity contribution in [3.05, 3.63) is 113 Å². The maximum absolute atomic E-state index is 15.4. The highest BCUT2D eigenvalue weighted by Gasteiger charge is 2.34. The standard InChI is InChI=1S/C64H96N10O20/c1-12-16-39-90-71-46(24-28-50(85-8)59(71)80)55(76)65-32-21-37-69(57(78)48-26-30-52(87-10)61(82)73(48)92-41-18-14-3)36-20-23-45(54(75)67-34-43-89-44-35-68-63(84)94-64(5,6)7)70(58(79)49-27-31-53(88-11)62(83)74(49)93-42-19-15-4)38-22-33-66-56(77)47-25-29-51(86-9)60(81)72(47)91-40-17-13-2/h24-31,45H,12-23,32-44H2,1-11H3,(H,65,76)(H,66,77)(H,67,75)(H,68,84). The zero-order valence-electron chi connectivity index (χ0n) is 56.2. The largest absolute Gasteiger partial charge is 0.491 e. The summed E-state index contributed by atoms with van der Waals surface area (Å²) in [5.74, 6) is -3.98. The van der Waals surface area contributed by atoms with Crippen molar-refractivity contribution < 1.29 is 76.5 Å². The molecule has 0 radical (unpaired) electrons. The van der Waals surface area contributed by atoms with Crippen LogP contribution >= 0.6 is 0 Å². The molecule has 0 fully saturated rings. The lowest BCUT2D eigenvalue weighted by Crippen LogP contribution is -2.52. The molecule has 30 heteroatoms. The Morgan fingerprint density at radius 3 is 1.19 bits per heavy atom. The lowest BCUT2D eigenvalue weighted by atomic mass is 10.1. The summed E-state index contributed by atoms with van der Waals surface area (Å²) in [5, 5.41) is 11.0. The van der Waals surface area contributed by atoms with Crippen molar-refractivity contribution in [1.29, 1.82) is 0 Å². The van der Waals surface area contributed by atoms with Crippen LogP contribution in [0.5, 0.6) is 23.0 Å². The number of carbonyl (C=O) groups is 6. The zero-order chi connectivity index (χ0) is 69.2.